The Morgan fingerprint density at radius 3 is 2.50 bits per heavy atom. The number of likely N-dealkylation sites (N-methyl/N-ethyl adjacent to an activating group) is 1. The summed E-state index contributed by atoms with van der Waals surface area (Å²) >= 11 is 0. The molecule has 6 unspecified atom stereocenters. The number of nitrogens with zero attached hydrogens (tertiary/aromatic N) is 3. The van der Waals surface area contributed by atoms with Gasteiger partial charge in [0.1, 0.15) is 24.1 Å². The maximum Gasteiger partial charge on any atom is 0.412 e. The Kier molecular flexibility index (Phi) is 13.5. The zero-order chi connectivity index (χ0) is 39.8. The van der Waals surface area contributed by atoms with Gasteiger partial charge in [-0.1, -0.05) is 30.1 Å². The number of rotatable bonds is 19. The number of non-ortho nitro benzene ring substituents is 1. The molecule has 2 saturated carbocycles. The fourth-order valence-electron chi connectivity index (χ4n) is 8.75. The van der Waals surface area contributed by atoms with Crippen LogP contribution in [0.3, 0.4) is 0 Å². The van der Waals surface area contributed by atoms with E-state index in [1.165, 1.54) is 12.1 Å². The van der Waals surface area contributed by atoms with Gasteiger partial charge in [0.25, 0.3) is 5.69 Å². The molecule has 302 valence electrons. The van der Waals surface area contributed by atoms with Crippen molar-refractivity contribution < 1.29 is 43.8 Å². The molecular formula is C42H54N4O10. The van der Waals surface area contributed by atoms with Crippen LogP contribution in [-0.4, -0.2) is 83.0 Å². The van der Waals surface area contributed by atoms with E-state index in [2.05, 4.69) is 18.0 Å². The summed E-state index contributed by atoms with van der Waals surface area (Å²) < 4.78 is 19.7. The molecule has 0 aromatic heterocycles. The lowest BCUT2D eigenvalue weighted by Gasteiger charge is -2.59. The summed E-state index contributed by atoms with van der Waals surface area (Å²) in [5.74, 6) is -1.28. The average molecular weight is 775 g/mol. The topological polar surface area (TPSA) is 182 Å². The van der Waals surface area contributed by atoms with Crippen molar-refractivity contribution in [2.75, 3.05) is 33.4 Å². The molecule has 2 amide bonds. The van der Waals surface area contributed by atoms with E-state index in [9.17, 15) is 29.9 Å². The number of hydrogen-bond donors (Lipinski definition) is 3. The van der Waals surface area contributed by atoms with E-state index in [-0.39, 0.29) is 68.1 Å². The highest BCUT2D eigenvalue weighted by Crippen LogP contribution is 2.62. The smallest absolute Gasteiger partial charge is 0.412 e. The molecule has 4 aliphatic rings. The number of aliphatic hydroxyl groups is 2. The Morgan fingerprint density at radius 2 is 1.84 bits per heavy atom. The van der Waals surface area contributed by atoms with Gasteiger partial charge in [-0.2, -0.15) is 0 Å². The van der Waals surface area contributed by atoms with Crippen LogP contribution >= 0.6 is 0 Å². The lowest BCUT2D eigenvalue weighted by atomic mass is 9.55. The molecule has 6 atom stereocenters. The van der Waals surface area contributed by atoms with E-state index in [1.54, 1.807) is 42.3 Å². The molecule has 56 heavy (non-hydrogen) atoms. The number of oxime groups is 1. The first kappa shape index (κ1) is 40.9. The van der Waals surface area contributed by atoms with Crippen molar-refractivity contribution in [3.63, 3.8) is 0 Å². The SMILES string of the molecule is C=CCOC12Oc3ccc(OC(=O)NCC)cc3C3C(CCCCO)C(CCCCO)C=C(C(=NOCc4ccc([N+](=O)[O-])cc4)CC1N(C)C(=O)C1CC1)C32. The zero-order valence-corrected chi connectivity index (χ0v) is 32.3. The molecule has 2 aromatic rings. The molecule has 2 aromatic carbocycles. The number of nitrogens with one attached hydrogen (secondary N) is 1. The lowest BCUT2D eigenvalue weighted by molar-refractivity contribution is -0.384. The first-order chi connectivity index (χ1) is 27.1. The van der Waals surface area contributed by atoms with Gasteiger partial charge in [0.05, 0.1) is 23.2 Å². The van der Waals surface area contributed by atoms with Gasteiger partial charge in [-0.25, -0.2) is 4.79 Å². The number of carbonyl (C=O) groups excluding carboxylic acids is 2. The molecule has 1 aliphatic heterocycles. The highest BCUT2D eigenvalue weighted by molar-refractivity contribution is 6.03. The molecule has 2 fully saturated rings. The van der Waals surface area contributed by atoms with Crippen molar-refractivity contribution in [3.05, 3.63) is 88.0 Å². The Hall–Kier alpha value is -4.79. The molecule has 3 aliphatic carbocycles. The number of nitro groups is 1. The maximum atomic E-state index is 14.0. The fraction of sp³-hybridized carbons (Fsp3) is 0.548. The van der Waals surface area contributed by atoms with Crippen LogP contribution in [0, 0.1) is 33.8 Å². The van der Waals surface area contributed by atoms with E-state index in [4.69, 9.17) is 24.2 Å². The third-order valence-electron chi connectivity index (χ3n) is 11.5. The van der Waals surface area contributed by atoms with Crippen molar-refractivity contribution in [2.45, 2.75) is 89.1 Å². The minimum absolute atomic E-state index is 0.00368. The molecular weight excluding hydrogens is 720 g/mol. The van der Waals surface area contributed by atoms with Crippen LogP contribution in [0.5, 0.6) is 11.5 Å². The highest BCUT2D eigenvalue weighted by Gasteiger charge is 2.65. The first-order valence-electron chi connectivity index (χ1n) is 19.8. The summed E-state index contributed by atoms with van der Waals surface area (Å²) in [6.07, 6.45) is 9.59. The van der Waals surface area contributed by atoms with Gasteiger partial charge in [0.15, 0.2) is 0 Å². The number of allylic oxidation sites excluding steroid dienone is 1. The second-order valence-electron chi connectivity index (χ2n) is 15.1. The molecule has 14 nitrogen and oxygen atoms in total. The van der Waals surface area contributed by atoms with Crippen molar-refractivity contribution in [1.29, 1.82) is 0 Å². The Bertz CT molecular complexity index is 1790. The molecule has 0 radical (unpaired) electrons. The number of fused-ring (bicyclic) bond motifs is 2. The maximum absolute atomic E-state index is 14.0. The summed E-state index contributed by atoms with van der Waals surface area (Å²) in [6.45, 7) is 6.52. The first-order valence-corrected chi connectivity index (χ1v) is 19.8. The fourth-order valence-corrected chi connectivity index (χ4v) is 8.75. The van der Waals surface area contributed by atoms with E-state index < -0.39 is 28.8 Å². The van der Waals surface area contributed by atoms with E-state index in [1.807, 2.05) is 13.0 Å². The van der Waals surface area contributed by atoms with Crippen molar-refractivity contribution >= 4 is 23.4 Å². The largest absolute Gasteiger partial charge is 0.459 e. The van der Waals surface area contributed by atoms with E-state index in [0.717, 1.165) is 49.7 Å². The van der Waals surface area contributed by atoms with Gasteiger partial charge >= 0.3 is 6.09 Å². The summed E-state index contributed by atoms with van der Waals surface area (Å²) in [5.41, 5.74) is 3.03. The molecule has 0 spiro atoms. The Labute approximate surface area is 327 Å². The summed E-state index contributed by atoms with van der Waals surface area (Å²) in [4.78, 5) is 45.2. The number of ether oxygens (including phenoxy) is 3. The van der Waals surface area contributed by atoms with Gasteiger partial charge in [-0.15, -0.1) is 6.58 Å². The Morgan fingerprint density at radius 1 is 1.11 bits per heavy atom. The molecule has 0 saturated heterocycles. The van der Waals surface area contributed by atoms with Gasteiger partial charge < -0.3 is 39.5 Å². The standard InChI is InChI=1S/C42H54N4O10/c1-4-22-53-42-37(45(3)40(49)28-14-15-28)25-35(44-54-26-27-12-16-30(17-13-27)46(51)52)33-23-29(10-6-8-20-47)32(11-7-9-21-48)38(39(33)42)34-24-31(18-19-36(34)56-42)55-41(50)43-5-2/h4,12-13,16-19,23-24,28-29,32,37-39,47-48H,1,5-11,14-15,20-22,25-26H2,2-3H3,(H,43,50). The quantitative estimate of drug-likeness (QED) is 0.0625. The highest BCUT2D eigenvalue weighted by atomic mass is 16.7. The summed E-state index contributed by atoms with van der Waals surface area (Å²) in [6, 6.07) is 10.9. The van der Waals surface area contributed by atoms with E-state index in [0.29, 0.717) is 42.2 Å². The molecule has 14 heteroatoms. The van der Waals surface area contributed by atoms with Crippen molar-refractivity contribution in [2.24, 2.45) is 28.8 Å². The number of benzene rings is 2. The zero-order valence-electron chi connectivity index (χ0n) is 32.3. The number of hydrogen-bond acceptors (Lipinski definition) is 11. The van der Waals surface area contributed by atoms with Gasteiger partial charge in [0, 0.05) is 62.8 Å². The Balaban J connectivity index is 1.52. The van der Waals surface area contributed by atoms with E-state index >= 15 is 0 Å². The van der Waals surface area contributed by atoms with Crippen molar-refractivity contribution in [1.82, 2.24) is 10.2 Å². The number of amides is 2. The minimum atomic E-state index is -1.37. The number of aliphatic hydroxyl groups excluding tert-OH is 2. The predicted octanol–water partition coefficient (Wildman–Crippen LogP) is 6.41. The third kappa shape index (κ3) is 8.77. The van der Waals surface area contributed by atoms with Crippen molar-refractivity contribution in [3.8, 4) is 11.5 Å². The third-order valence-corrected chi connectivity index (χ3v) is 11.5. The molecule has 6 rings (SSSR count). The summed E-state index contributed by atoms with van der Waals surface area (Å²) in [5, 5.41) is 38.3. The summed E-state index contributed by atoms with van der Waals surface area (Å²) in [7, 11) is 1.80. The lowest BCUT2D eigenvalue weighted by Crippen LogP contribution is -2.69. The van der Waals surface area contributed by atoms with Crippen LogP contribution < -0.4 is 14.8 Å². The average Bonchev–Trinajstić information content (AvgIpc) is 4.04. The van der Waals surface area contributed by atoms with Gasteiger partial charge in [-0.05, 0) is 98.8 Å². The number of unbranched alkanes of at least 4 members (excludes halogenated alkanes) is 2. The normalized spacial score (nSPS) is 25.5. The monoisotopic (exact) mass is 774 g/mol. The van der Waals surface area contributed by atoms with Crippen LogP contribution in [0.25, 0.3) is 0 Å². The van der Waals surface area contributed by atoms with Crippen LogP contribution in [0.4, 0.5) is 10.5 Å². The molecule has 3 N–H and O–H groups in total. The second-order valence-corrected chi connectivity index (χ2v) is 15.1. The molecule has 0 bridgehead atoms. The predicted molar refractivity (Wildman–Crippen MR) is 208 cm³/mol. The van der Waals surface area contributed by atoms with Crippen LogP contribution in [0.2, 0.25) is 0 Å². The number of nitro benzene ring substituents is 1. The minimum Gasteiger partial charge on any atom is -0.459 e. The van der Waals surface area contributed by atoms with Crippen LogP contribution in [0.1, 0.15) is 81.8 Å². The van der Waals surface area contributed by atoms with Crippen LogP contribution in [-0.2, 0) is 21.0 Å². The van der Waals surface area contributed by atoms with Gasteiger partial charge in [-0.3, -0.25) is 14.9 Å². The second kappa shape index (κ2) is 18.4. The molecule has 1 heterocycles. The number of carbonyl (C=O) groups is 2. The van der Waals surface area contributed by atoms with Gasteiger partial charge in [0.2, 0.25) is 11.7 Å². The van der Waals surface area contributed by atoms with Crippen LogP contribution in [0.15, 0.2) is 71.9 Å².